The molecule has 3 rings (SSSR count). The minimum Gasteiger partial charge on any atom is -0.375 e. The van der Waals surface area contributed by atoms with E-state index in [1.165, 1.54) is 4.90 Å². The fourth-order valence-electron chi connectivity index (χ4n) is 3.63. The van der Waals surface area contributed by atoms with Crippen molar-refractivity contribution in [1.29, 1.82) is 0 Å². The molecule has 2 aliphatic heterocycles. The van der Waals surface area contributed by atoms with Gasteiger partial charge in [0.25, 0.3) is 5.91 Å². The number of likely N-dealkylation sites (tertiary alicyclic amines) is 1. The molecule has 2 saturated heterocycles. The molecule has 2 fully saturated rings. The first kappa shape index (κ1) is 18.8. The van der Waals surface area contributed by atoms with Gasteiger partial charge in [-0.3, -0.25) is 9.59 Å². The van der Waals surface area contributed by atoms with E-state index in [2.05, 4.69) is 4.98 Å². The predicted octanol–water partition coefficient (Wildman–Crippen LogP) is 0.679. The zero-order valence-corrected chi connectivity index (χ0v) is 15.8. The Balaban J connectivity index is 1.53. The molecule has 1 aromatic heterocycles. The van der Waals surface area contributed by atoms with Crippen molar-refractivity contribution in [3.63, 3.8) is 0 Å². The topological polar surface area (TPSA) is 76.9 Å². The molecular formula is C18H28N4O4. The van der Waals surface area contributed by atoms with Crippen molar-refractivity contribution >= 4 is 11.8 Å². The predicted molar refractivity (Wildman–Crippen MR) is 94.7 cm³/mol. The highest BCUT2D eigenvalue weighted by molar-refractivity contribution is 5.92. The molecule has 0 aromatic carbocycles. The molecule has 3 heterocycles. The van der Waals surface area contributed by atoms with Crippen molar-refractivity contribution in [2.75, 3.05) is 40.4 Å². The largest absolute Gasteiger partial charge is 0.375 e. The normalized spacial score (nSPS) is 22.4. The van der Waals surface area contributed by atoms with E-state index >= 15 is 0 Å². The van der Waals surface area contributed by atoms with Gasteiger partial charge < -0.3 is 23.8 Å². The van der Waals surface area contributed by atoms with Crippen LogP contribution in [0.3, 0.4) is 0 Å². The molecule has 2 amide bonds. The summed E-state index contributed by atoms with van der Waals surface area (Å²) in [7, 11) is 5.28. The summed E-state index contributed by atoms with van der Waals surface area (Å²) in [6.45, 7) is 2.07. The van der Waals surface area contributed by atoms with E-state index in [-0.39, 0.29) is 30.1 Å². The standard InChI is InChI=1S/C18H28N4O4/c1-20(2)16(23)12-25-14-4-9-26-18(10-14)5-7-22(8-6-18)17(24)15-11-19-13-21(15)3/h11,13-14H,4-10,12H2,1-3H3. The molecule has 2 aliphatic rings. The number of aryl methyl sites for hydroxylation is 1. The Bertz CT molecular complexity index is 649. The molecule has 0 N–H and O–H groups in total. The minimum atomic E-state index is -0.243. The van der Waals surface area contributed by atoms with Crippen LogP contribution in [0.4, 0.5) is 0 Å². The molecule has 8 heteroatoms. The number of rotatable bonds is 4. The third-order valence-electron chi connectivity index (χ3n) is 5.39. The van der Waals surface area contributed by atoms with E-state index in [4.69, 9.17) is 9.47 Å². The highest BCUT2D eigenvalue weighted by Crippen LogP contribution is 2.36. The maximum atomic E-state index is 12.6. The van der Waals surface area contributed by atoms with Crippen molar-refractivity contribution in [2.24, 2.45) is 7.05 Å². The van der Waals surface area contributed by atoms with Gasteiger partial charge in [0.1, 0.15) is 12.3 Å². The summed E-state index contributed by atoms with van der Waals surface area (Å²) in [5.74, 6) is -0.0119. The Labute approximate surface area is 154 Å². The third-order valence-corrected chi connectivity index (χ3v) is 5.39. The van der Waals surface area contributed by atoms with Crippen molar-refractivity contribution in [2.45, 2.75) is 37.4 Å². The number of carbonyl (C=O) groups excluding carboxylic acids is 2. The van der Waals surface area contributed by atoms with Crippen LogP contribution in [0, 0.1) is 0 Å². The Morgan fingerprint density at radius 3 is 2.73 bits per heavy atom. The molecule has 1 spiro atoms. The van der Waals surface area contributed by atoms with Crippen LogP contribution in [-0.4, -0.2) is 83.3 Å². The van der Waals surface area contributed by atoms with Crippen LogP contribution in [0.1, 0.15) is 36.2 Å². The number of likely N-dealkylation sites (N-methyl/N-ethyl adjacent to an activating group) is 1. The maximum absolute atomic E-state index is 12.6. The Morgan fingerprint density at radius 1 is 1.38 bits per heavy atom. The van der Waals surface area contributed by atoms with Crippen LogP contribution >= 0.6 is 0 Å². The van der Waals surface area contributed by atoms with E-state index in [1.54, 1.807) is 31.2 Å². The number of aromatic nitrogens is 2. The fraction of sp³-hybridized carbons (Fsp3) is 0.722. The summed E-state index contributed by atoms with van der Waals surface area (Å²) in [5, 5.41) is 0. The smallest absolute Gasteiger partial charge is 0.272 e. The maximum Gasteiger partial charge on any atom is 0.272 e. The molecule has 1 unspecified atom stereocenters. The number of carbonyl (C=O) groups is 2. The quantitative estimate of drug-likeness (QED) is 0.785. The van der Waals surface area contributed by atoms with E-state index in [1.807, 2.05) is 11.9 Å². The average Bonchev–Trinajstić information content (AvgIpc) is 3.06. The lowest BCUT2D eigenvalue weighted by Crippen LogP contribution is -2.52. The highest BCUT2D eigenvalue weighted by Gasteiger charge is 2.42. The lowest BCUT2D eigenvalue weighted by molar-refractivity contribution is -0.160. The van der Waals surface area contributed by atoms with Gasteiger partial charge in [-0.15, -0.1) is 0 Å². The van der Waals surface area contributed by atoms with Crippen LogP contribution in [-0.2, 0) is 21.3 Å². The Kier molecular flexibility index (Phi) is 5.62. The summed E-state index contributed by atoms with van der Waals surface area (Å²) in [4.78, 5) is 31.8. The first-order chi connectivity index (χ1) is 12.4. The van der Waals surface area contributed by atoms with Crippen molar-refractivity contribution < 1.29 is 19.1 Å². The van der Waals surface area contributed by atoms with Gasteiger partial charge in [0.05, 0.1) is 24.2 Å². The summed E-state index contributed by atoms with van der Waals surface area (Å²) in [6, 6.07) is 0. The number of ether oxygens (including phenoxy) is 2. The molecule has 0 saturated carbocycles. The fourth-order valence-corrected chi connectivity index (χ4v) is 3.63. The van der Waals surface area contributed by atoms with E-state index in [0.717, 1.165) is 25.7 Å². The van der Waals surface area contributed by atoms with Crippen LogP contribution < -0.4 is 0 Å². The number of amides is 2. The summed E-state index contributed by atoms with van der Waals surface area (Å²) in [6.07, 6.45) is 6.44. The lowest BCUT2D eigenvalue weighted by Gasteiger charge is -2.46. The van der Waals surface area contributed by atoms with Gasteiger partial charge in [-0.1, -0.05) is 0 Å². The van der Waals surface area contributed by atoms with Crippen LogP contribution in [0.2, 0.25) is 0 Å². The molecule has 8 nitrogen and oxygen atoms in total. The molecule has 0 aliphatic carbocycles. The molecule has 1 atom stereocenters. The average molecular weight is 364 g/mol. The second-order valence-electron chi connectivity index (χ2n) is 7.43. The van der Waals surface area contributed by atoms with Gasteiger partial charge in [-0.05, 0) is 19.3 Å². The summed E-state index contributed by atoms with van der Waals surface area (Å²) >= 11 is 0. The third kappa shape index (κ3) is 4.07. The molecule has 0 bridgehead atoms. The molecule has 1 aromatic rings. The number of nitrogens with zero attached hydrogens (tertiary/aromatic N) is 4. The van der Waals surface area contributed by atoms with Gasteiger partial charge in [-0.2, -0.15) is 0 Å². The summed E-state index contributed by atoms with van der Waals surface area (Å²) < 4.78 is 13.7. The summed E-state index contributed by atoms with van der Waals surface area (Å²) in [5.41, 5.74) is 0.363. The Morgan fingerprint density at radius 2 is 2.12 bits per heavy atom. The number of hydrogen-bond donors (Lipinski definition) is 0. The van der Waals surface area contributed by atoms with Gasteiger partial charge in [0.2, 0.25) is 5.91 Å². The van der Waals surface area contributed by atoms with Crippen LogP contribution in [0.25, 0.3) is 0 Å². The molecular weight excluding hydrogens is 336 g/mol. The minimum absolute atomic E-state index is 0.0139. The van der Waals surface area contributed by atoms with Crippen molar-refractivity contribution in [3.8, 4) is 0 Å². The second-order valence-corrected chi connectivity index (χ2v) is 7.43. The van der Waals surface area contributed by atoms with E-state index in [0.29, 0.717) is 25.4 Å². The number of piperidine rings is 1. The van der Waals surface area contributed by atoms with Gasteiger partial charge in [-0.25, -0.2) is 4.98 Å². The molecule has 144 valence electrons. The second kappa shape index (κ2) is 7.75. The van der Waals surface area contributed by atoms with Crippen molar-refractivity contribution in [1.82, 2.24) is 19.4 Å². The monoisotopic (exact) mass is 364 g/mol. The highest BCUT2D eigenvalue weighted by atomic mass is 16.5. The van der Waals surface area contributed by atoms with Gasteiger partial charge in [0, 0.05) is 47.3 Å². The van der Waals surface area contributed by atoms with E-state index < -0.39 is 0 Å². The Hall–Kier alpha value is -1.93. The van der Waals surface area contributed by atoms with Crippen LogP contribution in [0.5, 0.6) is 0 Å². The number of imidazole rings is 1. The lowest BCUT2D eigenvalue weighted by atomic mass is 9.83. The first-order valence-electron chi connectivity index (χ1n) is 9.11. The molecule has 0 radical (unpaired) electrons. The SMILES string of the molecule is CN(C)C(=O)COC1CCOC2(CCN(C(=O)c3cncn3C)CC2)C1. The van der Waals surface area contributed by atoms with Crippen LogP contribution in [0.15, 0.2) is 12.5 Å². The molecule has 26 heavy (non-hydrogen) atoms. The van der Waals surface area contributed by atoms with E-state index in [9.17, 15) is 9.59 Å². The van der Waals surface area contributed by atoms with Gasteiger partial charge >= 0.3 is 0 Å². The zero-order chi connectivity index (χ0) is 18.7. The van der Waals surface area contributed by atoms with Gasteiger partial charge in [0.15, 0.2) is 0 Å². The number of hydrogen-bond acceptors (Lipinski definition) is 5. The van der Waals surface area contributed by atoms with Crippen molar-refractivity contribution in [3.05, 3.63) is 18.2 Å². The zero-order valence-electron chi connectivity index (χ0n) is 15.8. The first-order valence-corrected chi connectivity index (χ1v) is 9.11.